The molecule has 1 heterocycles. The molecule has 26 heavy (non-hydrogen) atoms. The first-order valence-electron chi connectivity index (χ1n) is 7.69. The number of hydrogen-bond donors (Lipinski definition) is 3. The third kappa shape index (κ3) is 5.40. The summed E-state index contributed by atoms with van der Waals surface area (Å²) in [4.78, 5) is 35.0. The van der Waals surface area contributed by atoms with Crippen LogP contribution in [0, 0.1) is 11.6 Å². The zero-order valence-electron chi connectivity index (χ0n) is 13.8. The van der Waals surface area contributed by atoms with Crippen LogP contribution in [0.5, 0.6) is 0 Å². The van der Waals surface area contributed by atoms with Crippen LogP contribution < -0.4 is 16.0 Å². The highest BCUT2D eigenvalue weighted by atomic mass is 19.1. The van der Waals surface area contributed by atoms with Crippen molar-refractivity contribution in [1.82, 2.24) is 16.0 Å². The van der Waals surface area contributed by atoms with Crippen LogP contribution in [-0.4, -0.2) is 30.8 Å². The van der Waals surface area contributed by atoms with Crippen LogP contribution in [0.3, 0.4) is 0 Å². The van der Waals surface area contributed by atoms with Crippen LogP contribution in [-0.2, 0) is 9.59 Å². The van der Waals surface area contributed by atoms with Gasteiger partial charge in [-0.2, -0.15) is 0 Å². The number of furan rings is 1. The fourth-order valence-corrected chi connectivity index (χ4v) is 2.12. The van der Waals surface area contributed by atoms with Crippen molar-refractivity contribution in [2.24, 2.45) is 0 Å². The number of benzene rings is 1. The van der Waals surface area contributed by atoms with Crippen molar-refractivity contribution in [3.8, 4) is 0 Å². The summed E-state index contributed by atoms with van der Waals surface area (Å²) in [6.07, 6.45) is 1.32. The molecule has 3 N–H and O–H groups in total. The van der Waals surface area contributed by atoms with Gasteiger partial charge in [0, 0.05) is 11.6 Å². The Morgan fingerprint density at radius 2 is 1.81 bits per heavy atom. The number of rotatable bonds is 7. The summed E-state index contributed by atoms with van der Waals surface area (Å²) >= 11 is 0. The molecule has 2 rings (SSSR count). The van der Waals surface area contributed by atoms with E-state index in [0.717, 1.165) is 12.1 Å². The Morgan fingerprint density at radius 1 is 1.08 bits per heavy atom. The maximum Gasteiger partial charge on any atom is 0.287 e. The minimum atomic E-state index is -0.775. The van der Waals surface area contributed by atoms with Crippen LogP contribution in [0.4, 0.5) is 8.78 Å². The third-order valence-corrected chi connectivity index (χ3v) is 3.41. The van der Waals surface area contributed by atoms with E-state index in [1.54, 1.807) is 0 Å². The van der Waals surface area contributed by atoms with Gasteiger partial charge in [0.15, 0.2) is 5.76 Å². The van der Waals surface area contributed by atoms with Crippen LogP contribution in [0.2, 0.25) is 0 Å². The fraction of sp³-hybridized carbons (Fsp3) is 0.235. The molecule has 138 valence electrons. The zero-order valence-corrected chi connectivity index (χ0v) is 13.8. The largest absolute Gasteiger partial charge is 0.459 e. The smallest absolute Gasteiger partial charge is 0.287 e. The van der Waals surface area contributed by atoms with Crippen molar-refractivity contribution >= 4 is 17.7 Å². The van der Waals surface area contributed by atoms with Crippen molar-refractivity contribution in [1.29, 1.82) is 0 Å². The number of hydrogen-bond acceptors (Lipinski definition) is 4. The second-order valence-electron chi connectivity index (χ2n) is 5.39. The first kappa shape index (κ1) is 19.1. The lowest BCUT2D eigenvalue weighted by Gasteiger charge is -2.15. The fourth-order valence-electron chi connectivity index (χ4n) is 2.12. The van der Waals surface area contributed by atoms with E-state index in [2.05, 4.69) is 16.0 Å². The molecule has 1 atom stereocenters. The van der Waals surface area contributed by atoms with Gasteiger partial charge in [-0.05, 0) is 25.1 Å². The molecule has 1 aromatic carbocycles. The van der Waals surface area contributed by atoms with Gasteiger partial charge in [0.05, 0.1) is 25.4 Å². The summed E-state index contributed by atoms with van der Waals surface area (Å²) in [5, 5.41) is 7.12. The van der Waals surface area contributed by atoms with Crippen LogP contribution in [0.25, 0.3) is 0 Å². The molecule has 0 bridgehead atoms. The molecule has 0 radical (unpaired) electrons. The Balaban J connectivity index is 1.73. The number of amides is 3. The average molecular weight is 365 g/mol. The van der Waals surface area contributed by atoms with E-state index in [1.807, 2.05) is 0 Å². The van der Waals surface area contributed by atoms with E-state index in [4.69, 9.17) is 4.42 Å². The highest BCUT2D eigenvalue weighted by molar-refractivity contribution is 5.94. The van der Waals surface area contributed by atoms with E-state index >= 15 is 0 Å². The predicted molar refractivity (Wildman–Crippen MR) is 87.0 cm³/mol. The van der Waals surface area contributed by atoms with Crippen LogP contribution in [0.1, 0.15) is 29.1 Å². The van der Waals surface area contributed by atoms with Crippen LogP contribution >= 0.6 is 0 Å². The molecule has 0 aliphatic heterocycles. The molecule has 1 aromatic heterocycles. The quantitative estimate of drug-likeness (QED) is 0.688. The predicted octanol–water partition coefficient (Wildman–Crippen LogP) is 1.28. The van der Waals surface area contributed by atoms with Crippen molar-refractivity contribution in [3.63, 3.8) is 0 Å². The summed E-state index contributed by atoms with van der Waals surface area (Å²) in [5.41, 5.74) is 0.122. The van der Waals surface area contributed by atoms with Crippen LogP contribution in [0.15, 0.2) is 41.0 Å². The van der Waals surface area contributed by atoms with E-state index in [1.165, 1.54) is 31.4 Å². The van der Waals surface area contributed by atoms with Crippen molar-refractivity contribution in [2.45, 2.75) is 13.0 Å². The lowest BCUT2D eigenvalue weighted by Crippen LogP contribution is -2.42. The summed E-state index contributed by atoms with van der Waals surface area (Å²) in [6.45, 7) is 0.831. The number of carbonyl (C=O) groups excluding carboxylic acids is 3. The summed E-state index contributed by atoms with van der Waals surface area (Å²) in [7, 11) is 0. The number of nitrogens with one attached hydrogen (secondary N) is 3. The zero-order chi connectivity index (χ0) is 19.1. The summed E-state index contributed by atoms with van der Waals surface area (Å²) in [5.74, 6) is -3.13. The standard InChI is InChI=1S/C17H17F2N3O4/c1-10(12-5-4-11(18)7-13(12)19)22-16(24)9-20-15(23)8-21-17(25)14-3-2-6-26-14/h2-7,10H,8-9H2,1H3,(H,20,23)(H,21,25)(H,22,24)/t10-/m1/s1. The Morgan fingerprint density at radius 3 is 2.46 bits per heavy atom. The second kappa shape index (κ2) is 8.75. The van der Waals surface area contributed by atoms with Gasteiger partial charge in [0.1, 0.15) is 11.6 Å². The van der Waals surface area contributed by atoms with Gasteiger partial charge in [0.25, 0.3) is 5.91 Å². The van der Waals surface area contributed by atoms with Gasteiger partial charge in [-0.3, -0.25) is 14.4 Å². The molecule has 9 heteroatoms. The van der Waals surface area contributed by atoms with Gasteiger partial charge in [0.2, 0.25) is 11.8 Å². The van der Waals surface area contributed by atoms with E-state index in [0.29, 0.717) is 0 Å². The molecule has 0 fully saturated rings. The summed E-state index contributed by atoms with van der Waals surface area (Å²) < 4.78 is 31.4. The highest BCUT2D eigenvalue weighted by Gasteiger charge is 2.15. The van der Waals surface area contributed by atoms with E-state index < -0.39 is 35.4 Å². The molecule has 2 aromatic rings. The first-order valence-corrected chi connectivity index (χ1v) is 7.69. The van der Waals surface area contributed by atoms with E-state index in [9.17, 15) is 23.2 Å². The number of halogens is 2. The lowest BCUT2D eigenvalue weighted by molar-refractivity contribution is -0.125. The molecule has 0 saturated carbocycles. The molecule has 0 saturated heterocycles. The number of carbonyl (C=O) groups is 3. The minimum absolute atomic E-state index is 0.0608. The monoisotopic (exact) mass is 365 g/mol. The lowest BCUT2D eigenvalue weighted by atomic mass is 10.1. The maximum absolute atomic E-state index is 13.6. The molecule has 0 spiro atoms. The molecular weight excluding hydrogens is 348 g/mol. The highest BCUT2D eigenvalue weighted by Crippen LogP contribution is 2.17. The third-order valence-electron chi connectivity index (χ3n) is 3.41. The average Bonchev–Trinajstić information content (AvgIpc) is 3.12. The van der Waals surface area contributed by atoms with Gasteiger partial charge in [-0.25, -0.2) is 8.78 Å². The summed E-state index contributed by atoms with van der Waals surface area (Å²) in [6, 6.07) is 5.31. The Bertz CT molecular complexity index is 793. The van der Waals surface area contributed by atoms with Crippen molar-refractivity contribution in [3.05, 3.63) is 59.6 Å². The Hall–Kier alpha value is -3.23. The molecule has 3 amide bonds. The van der Waals surface area contributed by atoms with Crippen molar-refractivity contribution < 1.29 is 27.6 Å². The topological polar surface area (TPSA) is 100 Å². The van der Waals surface area contributed by atoms with Gasteiger partial charge < -0.3 is 20.4 Å². The van der Waals surface area contributed by atoms with Gasteiger partial charge >= 0.3 is 0 Å². The minimum Gasteiger partial charge on any atom is -0.459 e. The maximum atomic E-state index is 13.6. The van der Waals surface area contributed by atoms with Crippen molar-refractivity contribution in [2.75, 3.05) is 13.1 Å². The van der Waals surface area contributed by atoms with Gasteiger partial charge in [-0.15, -0.1) is 0 Å². The second-order valence-corrected chi connectivity index (χ2v) is 5.39. The molecule has 0 aliphatic carbocycles. The Kier molecular flexibility index (Phi) is 6.42. The molecule has 0 unspecified atom stereocenters. The normalized spacial score (nSPS) is 11.5. The Labute approximate surface area is 147 Å². The molecular formula is C17H17F2N3O4. The van der Waals surface area contributed by atoms with Gasteiger partial charge in [-0.1, -0.05) is 6.07 Å². The molecule has 7 nitrogen and oxygen atoms in total. The molecule has 0 aliphatic rings. The first-order chi connectivity index (χ1) is 12.4. The van der Waals surface area contributed by atoms with E-state index in [-0.39, 0.29) is 24.4 Å². The SMILES string of the molecule is C[C@@H](NC(=O)CNC(=O)CNC(=O)c1ccco1)c1ccc(F)cc1F.